The Kier molecular flexibility index (Phi) is 4.39. The molecule has 1 aliphatic rings. The van der Waals surface area contributed by atoms with Gasteiger partial charge in [0.05, 0.1) is 19.3 Å². The lowest BCUT2D eigenvalue weighted by Crippen LogP contribution is -2.58. The molecule has 2 rings (SSSR count). The molecule has 7 heteroatoms. The fourth-order valence-corrected chi connectivity index (χ4v) is 2.31. The molecule has 0 spiro atoms. The first-order valence-electron chi connectivity index (χ1n) is 6.57. The lowest BCUT2D eigenvalue weighted by Gasteiger charge is -2.38. The van der Waals surface area contributed by atoms with Gasteiger partial charge in [-0.3, -0.25) is 14.3 Å². The van der Waals surface area contributed by atoms with Crippen LogP contribution in [0.4, 0.5) is 0 Å². The van der Waals surface area contributed by atoms with Gasteiger partial charge in [0.15, 0.2) is 0 Å². The number of nitrogens with zero attached hydrogens (tertiary/aromatic N) is 4. The van der Waals surface area contributed by atoms with Gasteiger partial charge in [-0.05, 0) is 6.92 Å². The summed E-state index contributed by atoms with van der Waals surface area (Å²) in [5.74, 6) is -0.0809. The number of methoxy groups -OCH3 is 1. The van der Waals surface area contributed by atoms with Crippen LogP contribution < -0.4 is 0 Å². The molecule has 1 atom stereocenters. The number of hydrogen-bond donors (Lipinski definition) is 0. The van der Waals surface area contributed by atoms with E-state index < -0.39 is 6.04 Å². The molecular formula is C13H20N4O3. The van der Waals surface area contributed by atoms with E-state index in [1.54, 1.807) is 34.7 Å². The van der Waals surface area contributed by atoms with Crippen molar-refractivity contribution in [2.45, 2.75) is 19.5 Å². The number of hydrogen-bond acceptors (Lipinski definition) is 4. The maximum Gasteiger partial charge on any atom is 0.245 e. The van der Waals surface area contributed by atoms with E-state index in [0.29, 0.717) is 19.7 Å². The Bertz CT molecular complexity index is 500. The van der Waals surface area contributed by atoms with Gasteiger partial charge in [-0.2, -0.15) is 5.10 Å². The number of carbonyl (C=O) groups excluding carboxylic acids is 2. The zero-order chi connectivity index (χ0) is 14.7. The molecule has 2 amide bonds. The third kappa shape index (κ3) is 2.98. The molecule has 1 aromatic rings. The van der Waals surface area contributed by atoms with Gasteiger partial charge in [0.1, 0.15) is 6.04 Å². The van der Waals surface area contributed by atoms with Gasteiger partial charge in [0, 0.05) is 39.0 Å². The fraction of sp³-hybridized carbons (Fsp3) is 0.615. The van der Waals surface area contributed by atoms with E-state index in [2.05, 4.69) is 5.10 Å². The number of aryl methyl sites for hydroxylation is 1. The Morgan fingerprint density at radius 1 is 1.45 bits per heavy atom. The predicted molar refractivity (Wildman–Crippen MR) is 71.7 cm³/mol. The van der Waals surface area contributed by atoms with Crippen LogP contribution in [0.15, 0.2) is 12.4 Å². The maximum absolute atomic E-state index is 12.2. The van der Waals surface area contributed by atoms with E-state index in [1.165, 1.54) is 0 Å². The Morgan fingerprint density at radius 2 is 2.20 bits per heavy atom. The number of ether oxygens (including phenoxy) is 1. The summed E-state index contributed by atoms with van der Waals surface area (Å²) in [4.78, 5) is 27.6. The number of carbonyl (C=O) groups is 2. The molecule has 1 aliphatic heterocycles. The summed E-state index contributed by atoms with van der Waals surface area (Å²) in [7, 11) is 3.40. The summed E-state index contributed by atoms with van der Waals surface area (Å²) >= 11 is 0. The first-order chi connectivity index (χ1) is 9.52. The van der Waals surface area contributed by atoms with Crippen molar-refractivity contribution in [3.63, 3.8) is 0 Å². The maximum atomic E-state index is 12.2. The second-order valence-corrected chi connectivity index (χ2v) is 4.97. The number of piperazine rings is 1. The fourth-order valence-electron chi connectivity index (χ4n) is 2.31. The van der Waals surface area contributed by atoms with Gasteiger partial charge < -0.3 is 14.5 Å². The molecule has 110 valence electrons. The van der Waals surface area contributed by atoms with Gasteiger partial charge in [-0.1, -0.05) is 0 Å². The molecule has 1 fully saturated rings. The van der Waals surface area contributed by atoms with Crippen LogP contribution in [-0.2, 0) is 27.9 Å². The zero-order valence-corrected chi connectivity index (χ0v) is 12.1. The lowest BCUT2D eigenvalue weighted by molar-refractivity contribution is -0.156. The van der Waals surface area contributed by atoms with Crippen LogP contribution >= 0.6 is 0 Å². The van der Waals surface area contributed by atoms with Crippen molar-refractivity contribution in [2.75, 3.05) is 26.8 Å². The molecule has 1 aromatic heterocycles. The SMILES string of the molecule is COCCN1CC(=O)N(Cc2cnn(C)c2)[C@@H](C)C1=O. The van der Waals surface area contributed by atoms with Crippen LogP contribution in [0.1, 0.15) is 12.5 Å². The normalized spacial score (nSPS) is 19.9. The largest absolute Gasteiger partial charge is 0.383 e. The van der Waals surface area contributed by atoms with Crippen molar-refractivity contribution in [1.82, 2.24) is 19.6 Å². The molecule has 0 aliphatic carbocycles. The van der Waals surface area contributed by atoms with E-state index in [-0.39, 0.29) is 18.4 Å². The highest BCUT2D eigenvalue weighted by Crippen LogP contribution is 2.15. The quantitative estimate of drug-likeness (QED) is 0.738. The highest BCUT2D eigenvalue weighted by atomic mass is 16.5. The van der Waals surface area contributed by atoms with Crippen molar-refractivity contribution in [3.8, 4) is 0 Å². The summed E-state index contributed by atoms with van der Waals surface area (Å²) in [6.07, 6.45) is 3.56. The van der Waals surface area contributed by atoms with Crippen molar-refractivity contribution in [2.24, 2.45) is 7.05 Å². The third-order valence-corrected chi connectivity index (χ3v) is 3.46. The summed E-state index contributed by atoms with van der Waals surface area (Å²) in [6.45, 7) is 3.18. The second kappa shape index (κ2) is 6.04. The van der Waals surface area contributed by atoms with Crippen LogP contribution in [0.5, 0.6) is 0 Å². The molecule has 0 unspecified atom stereocenters. The second-order valence-electron chi connectivity index (χ2n) is 4.97. The Morgan fingerprint density at radius 3 is 2.80 bits per heavy atom. The summed E-state index contributed by atoms with van der Waals surface area (Å²) in [5.41, 5.74) is 0.922. The molecule has 0 saturated carbocycles. The minimum absolute atomic E-state index is 0.0365. The van der Waals surface area contributed by atoms with Crippen LogP contribution in [0.25, 0.3) is 0 Å². The molecule has 0 aromatic carbocycles. The number of rotatable bonds is 5. The monoisotopic (exact) mass is 280 g/mol. The van der Waals surface area contributed by atoms with Gasteiger partial charge in [-0.25, -0.2) is 0 Å². The van der Waals surface area contributed by atoms with Crippen molar-refractivity contribution < 1.29 is 14.3 Å². The number of aromatic nitrogens is 2. The summed E-state index contributed by atoms with van der Waals surface area (Å²) < 4.78 is 6.64. The molecule has 0 bridgehead atoms. The predicted octanol–water partition coefficient (Wildman–Crippen LogP) is -0.374. The zero-order valence-electron chi connectivity index (χ0n) is 12.1. The van der Waals surface area contributed by atoms with E-state index in [0.717, 1.165) is 5.56 Å². The first-order valence-corrected chi connectivity index (χ1v) is 6.57. The Hall–Kier alpha value is -1.89. The molecular weight excluding hydrogens is 260 g/mol. The minimum atomic E-state index is -0.451. The summed E-state index contributed by atoms with van der Waals surface area (Å²) in [5, 5.41) is 4.07. The molecule has 0 radical (unpaired) electrons. The van der Waals surface area contributed by atoms with Crippen molar-refractivity contribution in [1.29, 1.82) is 0 Å². The van der Waals surface area contributed by atoms with E-state index in [1.807, 2.05) is 13.2 Å². The molecule has 2 heterocycles. The molecule has 20 heavy (non-hydrogen) atoms. The van der Waals surface area contributed by atoms with Gasteiger partial charge >= 0.3 is 0 Å². The average molecular weight is 280 g/mol. The third-order valence-electron chi connectivity index (χ3n) is 3.46. The molecule has 7 nitrogen and oxygen atoms in total. The number of amides is 2. The summed E-state index contributed by atoms with van der Waals surface area (Å²) in [6, 6.07) is -0.451. The average Bonchev–Trinajstić information content (AvgIpc) is 2.83. The van der Waals surface area contributed by atoms with Gasteiger partial charge in [0.2, 0.25) is 11.8 Å². The van der Waals surface area contributed by atoms with Crippen LogP contribution in [-0.4, -0.2) is 64.2 Å². The highest BCUT2D eigenvalue weighted by Gasteiger charge is 2.36. The minimum Gasteiger partial charge on any atom is -0.383 e. The smallest absolute Gasteiger partial charge is 0.245 e. The lowest BCUT2D eigenvalue weighted by atomic mass is 10.1. The van der Waals surface area contributed by atoms with Crippen molar-refractivity contribution in [3.05, 3.63) is 18.0 Å². The van der Waals surface area contributed by atoms with Gasteiger partial charge in [-0.15, -0.1) is 0 Å². The van der Waals surface area contributed by atoms with Crippen molar-refractivity contribution >= 4 is 11.8 Å². The highest BCUT2D eigenvalue weighted by molar-refractivity contribution is 5.94. The van der Waals surface area contributed by atoms with Gasteiger partial charge in [0.25, 0.3) is 0 Å². The topological polar surface area (TPSA) is 67.7 Å². The Balaban J connectivity index is 2.05. The van der Waals surface area contributed by atoms with Crippen LogP contribution in [0.2, 0.25) is 0 Å². The van der Waals surface area contributed by atoms with E-state index in [4.69, 9.17) is 4.74 Å². The first kappa shape index (κ1) is 14.5. The van der Waals surface area contributed by atoms with Crippen LogP contribution in [0, 0.1) is 0 Å². The van der Waals surface area contributed by atoms with E-state index in [9.17, 15) is 9.59 Å². The Labute approximate surface area is 118 Å². The van der Waals surface area contributed by atoms with E-state index >= 15 is 0 Å². The van der Waals surface area contributed by atoms with Crippen LogP contribution in [0.3, 0.4) is 0 Å². The molecule has 1 saturated heterocycles. The molecule has 0 N–H and O–H groups in total. The standard InChI is InChI=1S/C13H20N4O3/c1-10-13(19)16(4-5-20-3)9-12(18)17(10)8-11-6-14-15(2)7-11/h6-7,10H,4-5,8-9H2,1-3H3/t10-/m0/s1.